The number of amides is 1. The summed E-state index contributed by atoms with van der Waals surface area (Å²) in [6.45, 7) is 11.0. The lowest BCUT2D eigenvalue weighted by Gasteiger charge is -2.37. The zero-order valence-electron chi connectivity index (χ0n) is 17.0. The lowest BCUT2D eigenvalue weighted by Crippen LogP contribution is -2.49. The highest BCUT2D eigenvalue weighted by molar-refractivity contribution is 7.09. The minimum Gasteiger partial charge on any atom is -0.368 e. The molecule has 2 aliphatic rings. The number of thiazole rings is 1. The van der Waals surface area contributed by atoms with Gasteiger partial charge in [-0.15, -0.1) is 11.3 Å². The summed E-state index contributed by atoms with van der Waals surface area (Å²) in [7, 11) is 0. The van der Waals surface area contributed by atoms with Crippen LogP contribution in [0.25, 0.3) is 0 Å². The topological polar surface area (TPSA) is 39.7 Å². The SMILES string of the molecule is Cc1cccc(N2CCN(C(=O)Cc3csc(CN4CCCC4)n3)CC2)c1C. The first-order valence-corrected chi connectivity index (χ1v) is 11.2. The third-order valence-electron chi connectivity index (χ3n) is 6.04. The second-order valence-electron chi connectivity index (χ2n) is 7.98. The van der Waals surface area contributed by atoms with Gasteiger partial charge >= 0.3 is 0 Å². The molecule has 5 nitrogen and oxygen atoms in total. The Bertz CT molecular complexity index is 820. The van der Waals surface area contributed by atoms with Crippen LogP contribution in [0.4, 0.5) is 5.69 Å². The van der Waals surface area contributed by atoms with Gasteiger partial charge in [0.15, 0.2) is 0 Å². The zero-order chi connectivity index (χ0) is 19.5. The number of piperazine rings is 1. The van der Waals surface area contributed by atoms with Crippen LogP contribution >= 0.6 is 11.3 Å². The van der Waals surface area contributed by atoms with Gasteiger partial charge in [-0.05, 0) is 57.0 Å². The van der Waals surface area contributed by atoms with E-state index in [0.29, 0.717) is 6.42 Å². The maximum absolute atomic E-state index is 12.7. The maximum atomic E-state index is 12.7. The molecule has 0 spiro atoms. The lowest BCUT2D eigenvalue weighted by atomic mass is 10.1. The third-order valence-corrected chi connectivity index (χ3v) is 6.92. The molecule has 150 valence electrons. The second kappa shape index (κ2) is 8.62. The highest BCUT2D eigenvalue weighted by atomic mass is 32.1. The fourth-order valence-corrected chi connectivity index (χ4v) is 5.01. The van der Waals surface area contributed by atoms with Crippen molar-refractivity contribution in [1.82, 2.24) is 14.8 Å². The smallest absolute Gasteiger partial charge is 0.228 e. The van der Waals surface area contributed by atoms with Gasteiger partial charge in [0.05, 0.1) is 18.7 Å². The van der Waals surface area contributed by atoms with E-state index in [1.807, 2.05) is 4.90 Å². The van der Waals surface area contributed by atoms with Gasteiger partial charge in [0.2, 0.25) is 5.91 Å². The minimum absolute atomic E-state index is 0.207. The maximum Gasteiger partial charge on any atom is 0.228 e. The highest BCUT2D eigenvalue weighted by Gasteiger charge is 2.23. The predicted octanol–water partition coefficient (Wildman–Crippen LogP) is 3.25. The molecule has 0 aliphatic carbocycles. The summed E-state index contributed by atoms with van der Waals surface area (Å²) < 4.78 is 0. The summed E-state index contributed by atoms with van der Waals surface area (Å²) in [6.07, 6.45) is 3.02. The Morgan fingerprint density at radius 3 is 2.57 bits per heavy atom. The Kier molecular flexibility index (Phi) is 5.97. The van der Waals surface area contributed by atoms with Crippen LogP contribution in [0.5, 0.6) is 0 Å². The molecule has 6 heteroatoms. The summed E-state index contributed by atoms with van der Waals surface area (Å²) in [5, 5.41) is 3.21. The summed E-state index contributed by atoms with van der Waals surface area (Å²) in [5.41, 5.74) is 4.90. The van der Waals surface area contributed by atoms with Gasteiger partial charge in [0, 0.05) is 37.2 Å². The standard InChI is InChI=1S/C22H30N4OS/c1-17-6-5-7-20(18(17)2)25-10-12-26(13-11-25)22(27)14-19-16-28-21(23-19)15-24-8-3-4-9-24/h5-7,16H,3-4,8-15H2,1-2H3. The van der Waals surface area contributed by atoms with Crippen molar-refractivity contribution in [2.75, 3.05) is 44.2 Å². The van der Waals surface area contributed by atoms with Crippen molar-refractivity contribution < 1.29 is 4.79 Å². The van der Waals surface area contributed by atoms with E-state index >= 15 is 0 Å². The average Bonchev–Trinajstić information content (AvgIpc) is 3.37. The number of nitrogens with zero attached hydrogens (tertiary/aromatic N) is 4. The van der Waals surface area contributed by atoms with Crippen LogP contribution in [0.2, 0.25) is 0 Å². The van der Waals surface area contributed by atoms with Crippen LogP contribution < -0.4 is 4.90 Å². The summed E-state index contributed by atoms with van der Waals surface area (Å²) in [4.78, 5) is 24.3. The van der Waals surface area contributed by atoms with Gasteiger partial charge in [0.25, 0.3) is 0 Å². The van der Waals surface area contributed by atoms with Crippen molar-refractivity contribution in [2.45, 2.75) is 39.7 Å². The molecule has 0 N–H and O–H groups in total. The lowest BCUT2D eigenvalue weighted by molar-refractivity contribution is -0.130. The van der Waals surface area contributed by atoms with E-state index < -0.39 is 0 Å². The molecule has 0 bridgehead atoms. The largest absolute Gasteiger partial charge is 0.368 e. The number of hydrogen-bond donors (Lipinski definition) is 0. The van der Waals surface area contributed by atoms with Crippen LogP contribution in [0.1, 0.15) is 34.7 Å². The molecule has 2 aromatic rings. The summed E-state index contributed by atoms with van der Waals surface area (Å²) >= 11 is 1.69. The zero-order valence-corrected chi connectivity index (χ0v) is 17.8. The van der Waals surface area contributed by atoms with Gasteiger partial charge in [-0.1, -0.05) is 12.1 Å². The fourth-order valence-electron chi connectivity index (χ4n) is 4.18. The molecule has 4 rings (SSSR count). The molecular formula is C22H30N4OS. The first-order chi connectivity index (χ1) is 13.6. The van der Waals surface area contributed by atoms with E-state index in [-0.39, 0.29) is 5.91 Å². The average molecular weight is 399 g/mol. The number of aromatic nitrogens is 1. The van der Waals surface area contributed by atoms with Crippen molar-refractivity contribution in [3.05, 3.63) is 45.4 Å². The Balaban J connectivity index is 1.29. The summed E-state index contributed by atoms with van der Waals surface area (Å²) in [6, 6.07) is 6.47. The number of aryl methyl sites for hydroxylation is 1. The molecule has 0 atom stereocenters. The van der Waals surface area contributed by atoms with E-state index in [1.165, 1.54) is 42.7 Å². The first-order valence-electron chi connectivity index (χ1n) is 10.3. The Labute approximate surface area is 172 Å². The van der Waals surface area contributed by atoms with Gasteiger partial charge in [-0.25, -0.2) is 4.98 Å². The van der Waals surface area contributed by atoms with Crippen LogP contribution in [0.15, 0.2) is 23.6 Å². The quantitative estimate of drug-likeness (QED) is 0.775. The van der Waals surface area contributed by atoms with Crippen molar-refractivity contribution in [2.24, 2.45) is 0 Å². The number of benzene rings is 1. The Morgan fingerprint density at radius 2 is 1.82 bits per heavy atom. The molecule has 0 saturated carbocycles. The van der Waals surface area contributed by atoms with Gasteiger partial charge in [0.1, 0.15) is 5.01 Å². The van der Waals surface area contributed by atoms with E-state index in [9.17, 15) is 4.79 Å². The van der Waals surface area contributed by atoms with E-state index in [1.54, 1.807) is 11.3 Å². The minimum atomic E-state index is 0.207. The van der Waals surface area contributed by atoms with Crippen molar-refractivity contribution in [1.29, 1.82) is 0 Å². The molecule has 2 fully saturated rings. The van der Waals surface area contributed by atoms with E-state index in [0.717, 1.165) is 43.4 Å². The van der Waals surface area contributed by atoms with Gasteiger partial charge in [-0.3, -0.25) is 9.69 Å². The van der Waals surface area contributed by atoms with E-state index in [2.05, 4.69) is 47.2 Å². The normalized spacial score (nSPS) is 18.1. The van der Waals surface area contributed by atoms with Crippen molar-refractivity contribution in [3.8, 4) is 0 Å². The van der Waals surface area contributed by atoms with Crippen LogP contribution in [0, 0.1) is 13.8 Å². The highest BCUT2D eigenvalue weighted by Crippen LogP contribution is 2.24. The molecule has 0 radical (unpaired) electrons. The number of anilines is 1. The molecule has 0 unspecified atom stereocenters. The number of hydrogen-bond acceptors (Lipinski definition) is 5. The molecule has 2 aliphatic heterocycles. The number of carbonyl (C=O) groups excluding carboxylic acids is 1. The molecule has 3 heterocycles. The summed E-state index contributed by atoms with van der Waals surface area (Å²) in [5.74, 6) is 0.207. The second-order valence-corrected chi connectivity index (χ2v) is 8.92. The van der Waals surface area contributed by atoms with Gasteiger partial charge in [-0.2, -0.15) is 0 Å². The molecule has 1 amide bonds. The Hall–Kier alpha value is -1.92. The van der Waals surface area contributed by atoms with E-state index in [4.69, 9.17) is 4.98 Å². The number of likely N-dealkylation sites (tertiary alicyclic amines) is 1. The van der Waals surface area contributed by atoms with Crippen LogP contribution in [-0.2, 0) is 17.8 Å². The van der Waals surface area contributed by atoms with Crippen molar-refractivity contribution >= 4 is 22.9 Å². The van der Waals surface area contributed by atoms with Crippen LogP contribution in [0.3, 0.4) is 0 Å². The molecule has 1 aromatic heterocycles. The Morgan fingerprint density at radius 1 is 1.07 bits per heavy atom. The predicted molar refractivity (Wildman–Crippen MR) is 115 cm³/mol. The van der Waals surface area contributed by atoms with Gasteiger partial charge < -0.3 is 9.80 Å². The molecule has 1 aromatic carbocycles. The fraction of sp³-hybridized carbons (Fsp3) is 0.545. The monoisotopic (exact) mass is 398 g/mol. The number of rotatable bonds is 5. The molecular weight excluding hydrogens is 368 g/mol. The third kappa shape index (κ3) is 4.39. The number of carbonyl (C=O) groups is 1. The first kappa shape index (κ1) is 19.4. The van der Waals surface area contributed by atoms with Crippen LogP contribution in [-0.4, -0.2) is 60.0 Å². The molecule has 28 heavy (non-hydrogen) atoms. The molecule has 2 saturated heterocycles. The van der Waals surface area contributed by atoms with Crippen molar-refractivity contribution in [3.63, 3.8) is 0 Å².